The van der Waals surface area contributed by atoms with Gasteiger partial charge in [-0.05, 0) is 83.5 Å². The average molecular weight is 1430 g/mol. The van der Waals surface area contributed by atoms with Gasteiger partial charge in [-0.25, -0.2) is 0 Å². The maximum Gasteiger partial charge on any atom is 0.306 e. The van der Waals surface area contributed by atoms with Crippen molar-refractivity contribution in [2.24, 2.45) is 0 Å². The number of esters is 2. The summed E-state index contributed by atoms with van der Waals surface area (Å²) in [7, 11) is 5.94. The van der Waals surface area contributed by atoms with Gasteiger partial charge >= 0.3 is 11.9 Å². The molecule has 0 radical (unpaired) electrons. The first-order valence-electron chi connectivity index (χ1n) is 43.5. The summed E-state index contributed by atoms with van der Waals surface area (Å²) in [4.78, 5) is 37.7. The van der Waals surface area contributed by atoms with Crippen molar-refractivity contribution in [3.63, 3.8) is 0 Å². The van der Waals surface area contributed by atoms with E-state index in [1.165, 1.54) is 270 Å². The van der Waals surface area contributed by atoms with Gasteiger partial charge in [0.15, 0.2) is 12.4 Å². The summed E-state index contributed by atoms with van der Waals surface area (Å²) in [5, 5.41) is 11.9. The van der Waals surface area contributed by atoms with Crippen molar-refractivity contribution >= 4 is 17.9 Å². The van der Waals surface area contributed by atoms with E-state index in [1.807, 2.05) is 21.1 Å². The quantitative estimate of drug-likeness (QED) is 0.0195. The molecule has 0 spiro atoms. The van der Waals surface area contributed by atoms with E-state index in [0.29, 0.717) is 23.9 Å². The summed E-state index contributed by atoms with van der Waals surface area (Å²) in [6.07, 6.45) is 114. The molecule has 0 amide bonds. The first-order chi connectivity index (χ1) is 50.1. The van der Waals surface area contributed by atoms with Crippen LogP contribution in [0, 0.1) is 0 Å². The Bertz CT molecular complexity index is 2060. The number of ether oxygens (including phenoxy) is 4. The van der Waals surface area contributed by atoms with Crippen LogP contribution in [0.5, 0.6) is 0 Å². The van der Waals surface area contributed by atoms with Gasteiger partial charge in [0.25, 0.3) is 0 Å². The minimum atomic E-state index is -1.63. The van der Waals surface area contributed by atoms with E-state index in [2.05, 4.69) is 123 Å². The van der Waals surface area contributed by atoms with E-state index in [-0.39, 0.29) is 32.2 Å². The second kappa shape index (κ2) is 82.6. The fraction of sp³-hybridized carbons (Fsp3) is 0.774. The van der Waals surface area contributed by atoms with Gasteiger partial charge in [-0.2, -0.15) is 0 Å². The zero-order valence-electron chi connectivity index (χ0n) is 67.7. The third-order valence-corrected chi connectivity index (χ3v) is 19.3. The SMILES string of the molecule is CC/C=C\C/C=C\C/C=C\C/C=C\C/C=C\C/C=C\C/C=C\C/C=C\C/C=C\CCCCCCCCCCCC(=O)OC(COC(=O)CCCCCCCCCCCCCCCCCCCCCCCCCCCCCCCCCCCCCCCCCC)COC(OCC[N+](C)(C)C)C(=O)[O-]. The van der Waals surface area contributed by atoms with E-state index in [4.69, 9.17) is 18.9 Å². The van der Waals surface area contributed by atoms with Crippen LogP contribution in [0.25, 0.3) is 0 Å². The molecule has 0 saturated heterocycles. The molecular formula is C93H165NO8. The molecule has 0 fully saturated rings. The van der Waals surface area contributed by atoms with Crippen LogP contribution in [-0.4, -0.2) is 82.3 Å². The molecule has 0 aliphatic heterocycles. The third kappa shape index (κ3) is 83.2. The Morgan fingerprint density at radius 3 is 0.833 bits per heavy atom. The van der Waals surface area contributed by atoms with E-state index >= 15 is 0 Å². The van der Waals surface area contributed by atoms with Crippen LogP contribution in [0.2, 0.25) is 0 Å². The highest BCUT2D eigenvalue weighted by Crippen LogP contribution is 2.20. The maximum absolute atomic E-state index is 13.0. The second-order valence-electron chi connectivity index (χ2n) is 30.5. The van der Waals surface area contributed by atoms with Crippen molar-refractivity contribution in [1.29, 1.82) is 0 Å². The lowest BCUT2D eigenvalue weighted by atomic mass is 10.0. The highest BCUT2D eigenvalue weighted by Gasteiger charge is 2.22. The maximum atomic E-state index is 13.0. The van der Waals surface area contributed by atoms with Gasteiger partial charge in [-0.15, -0.1) is 0 Å². The highest BCUT2D eigenvalue weighted by atomic mass is 16.7. The van der Waals surface area contributed by atoms with Gasteiger partial charge in [0.1, 0.15) is 13.2 Å². The van der Waals surface area contributed by atoms with Crippen molar-refractivity contribution in [2.75, 3.05) is 47.5 Å². The van der Waals surface area contributed by atoms with Crippen LogP contribution in [0.3, 0.4) is 0 Å². The molecule has 0 aliphatic carbocycles. The summed E-state index contributed by atoms with van der Waals surface area (Å²) in [5.41, 5.74) is 0. The van der Waals surface area contributed by atoms with Gasteiger partial charge < -0.3 is 33.3 Å². The molecule has 0 bridgehead atoms. The third-order valence-electron chi connectivity index (χ3n) is 19.3. The number of rotatable bonds is 81. The lowest BCUT2D eigenvalue weighted by Crippen LogP contribution is -2.44. The highest BCUT2D eigenvalue weighted by molar-refractivity contribution is 5.70. The van der Waals surface area contributed by atoms with Crippen molar-refractivity contribution < 1.29 is 42.9 Å². The Morgan fingerprint density at radius 1 is 0.304 bits per heavy atom. The lowest BCUT2D eigenvalue weighted by Gasteiger charge is -2.26. The summed E-state index contributed by atoms with van der Waals surface area (Å²) in [6.45, 7) is 4.68. The van der Waals surface area contributed by atoms with E-state index in [9.17, 15) is 19.5 Å². The van der Waals surface area contributed by atoms with Crippen molar-refractivity contribution in [1.82, 2.24) is 0 Å². The van der Waals surface area contributed by atoms with E-state index < -0.39 is 24.3 Å². The first-order valence-corrected chi connectivity index (χ1v) is 43.5. The molecule has 0 rings (SSSR count). The monoisotopic (exact) mass is 1420 g/mol. The molecule has 0 aromatic rings. The minimum absolute atomic E-state index is 0.144. The molecule has 102 heavy (non-hydrogen) atoms. The van der Waals surface area contributed by atoms with Gasteiger partial charge in [-0.1, -0.05) is 419 Å². The van der Waals surface area contributed by atoms with Crippen molar-refractivity contribution in [3.05, 3.63) is 109 Å². The molecule has 9 heteroatoms. The first kappa shape index (κ1) is 98.0. The molecular weight excluding hydrogens is 1260 g/mol. The van der Waals surface area contributed by atoms with Crippen molar-refractivity contribution in [3.8, 4) is 0 Å². The van der Waals surface area contributed by atoms with Crippen LogP contribution in [-0.2, 0) is 33.3 Å². The number of likely N-dealkylation sites (N-methyl/N-ethyl adjacent to an activating group) is 1. The molecule has 0 aliphatic rings. The Hall–Kier alpha value is -4.05. The standard InChI is InChI=1S/C93H165NO8/c1-6-8-10-12-14-16-18-20-22-24-26-28-30-32-34-36-38-40-42-44-45-46-48-49-51-53-55-57-59-61-63-65-67-69-71-73-75-77-79-81-83-90(95)100-87-89(88-101-93(92(97)98)99-86-85-94(3,4)5)102-91(96)84-82-80-78-76-74-72-70-68-66-64-62-60-58-56-54-52-50-47-43-41-39-37-35-33-31-29-27-25-23-21-19-17-15-13-11-9-7-2/h9,11,15,17,21,23,27,29,33,35,39,41,47,50,54,56,60,62,89,93H,6-8,10,12-14,16,18-20,22,24-26,28,30-32,34,36-38,40,42-46,48-49,51-53,55,57-59,61,63-88H2,1-5H3/b11-9-,17-15-,23-21-,29-27-,35-33-,41-39-,50-47-,56-54-,62-60-. The fourth-order valence-electron chi connectivity index (χ4n) is 12.7. The van der Waals surface area contributed by atoms with Gasteiger partial charge in [0.05, 0.1) is 40.3 Å². The number of carbonyl (C=O) groups excluding carboxylic acids is 3. The number of carbonyl (C=O) groups is 3. The summed E-state index contributed by atoms with van der Waals surface area (Å²) in [5.74, 6) is -2.28. The van der Waals surface area contributed by atoms with Crippen LogP contribution < -0.4 is 5.11 Å². The van der Waals surface area contributed by atoms with Crippen LogP contribution in [0.15, 0.2) is 109 Å². The molecule has 0 N–H and O–H groups in total. The molecule has 9 nitrogen and oxygen atoms in total. The Morgan fingerprint density at radius 2 is 0.559 bits per heavy atom. The zero-order valence-corrected chi connectivity index (χ0v) is 67.7. The van der Waals surface area contributed by atoms with Gasteiger partial charge in [-0.3, -0.25) is 9.59 Å². The topological polar surface area (TPSA) is 111 Å². The predicted octanol–water partition coefficient (Wildman–Crippen LogP) is 27.1. The zero-order chi connectivity index (χ0) is 73.9. The largest absolute Gasteiger partial charge is 0.545 e. The minimum Gasteiger partial charge on any atom is -0.545 e. The number of unbranched alkanes of at least 4 members (excludes halogenated alkanes) is 48. The number of nitrogens with zero attached hydrogens (tertiary/aromatic N) is 1. The molecule has 590 valence electrons. The van der Waals surface area contributed by atoms with Crippen molar-refractivity contribution in [2.45, 2.75) is 418 Å². The molecule has 0 aromatic carbocycles. The molecule has 0 heterocycles. The molecule has 2 atom stereocenters. The number of quaternary nitrogens is 1. The Kier molecular flexibility index (Phi) is 79.3. The molecule has 2 unspecified atom stereocenters. The van der Waals surface area contributed by atoms with E-state index in [0.717, 1.165) is 103 Å². The predicted molar refractivity (Wildman–Crippen MR) is 440 cm³/mol. The fourth-order valence-corrected chi connectivity index (χ4v) is 12.7. The average Bonchev–Trinajstić information content (AvgIpc) is 1.02. The van der Waals surface area contributed by atoms with E-state index in [1.54, 1.807) is 0 Å². The van der Waals surface area contributed by atoms with Gasteiger partial charge in [0, 0.05) is 12.8 Å². The normalized spacial score (nSPS) is 13.1. The number of aliphatic carboxylic acids is 1. The number of hydrogen-bond donors (Lipinski definition) is 0. The smallest absolute Gasteiger partial charge is 0.306 e. The summed E-state index contributed by atoms with van der Waals surface area (Å²) >= 11 is 0. The molecule has 0 aromatic heterocycles. The molecule has 0 saturated carbocycles. The second-order valence-corrected chi connectivity index (χ2v) is 30.5. The lowest BCUT2D eigenvalue weighted by molar-refractivity contribution is -0.870. The number of carboxylic acid groups (broad SMARTS) is 1. The number of hydrogen-bond acceptors (Lipinski definition) is 8. The summed E-state index contributed by atoms with van der Waals surface area (Å²) in [6, 6.07) is 0. The van der Waals surface area contributed by atoms with Gasteiger partial charge in [0.2, 0.25) is 0 Å². The van der Waals surface area contributed by atoms with Crippen LogP contribution in [0.1, 0.15) is 406 Å². The summed E-state index contributed by atoms with van der Waals surface area (Å²) < 4.78 is 22.9. The Labute approximate surface area is 632 Å². The Balaban J connectivity index is 3.99. The van der Waals surface area contributed by atoms with Crippen LogP contribution in [0.4, 0.5) is 0 Å². The van der Waals surface area contributed by atoms with Crippen LogP contribution >= 0.6 is 0 Å². The number of allylic oxidation sites excluding steroid dienone is 18. The number of carboxylic acids is 1.